The van der Waals surface area contributed by atoms with Crippen LogP contribution in [0.4, 0.5) is 8.78 Å². The number of piperazine rings is 1. The Morgan fingerprint density at radius 3 is 1.24 bits per heavy atom. The van der Waals surface area contributed by atoms with E-state index in [4.69, 9.17) is 0 Å². The average molecular weight is 981 g/mol. The lowest BCUT2D eigenvalue weighted by Gasteiger charge is -2.38. The summed E-state index contributed by atoms with van der Waals surface area (Å²) >= 11 is 0. The summed E-state index contributed by atoms with van der Waals surface area (Å²) < 4.78 is 44.6. The van der Waals surface area contributed by atoms with Crippen molar-refractivity contribution in [3.8, 4) is 0 Å². The maximum Gasteiger partial charge on any atom is 0.272 e. The van der Waals surface area contributed by atoms with E-state index in [1.54, 1.807) is 4.90 Å². The van der Waals surface area contributed by atoms with Gasteiger partial charge in [0.25, 0.3) is 5.92 Å². The highest BCUT2D eigenvalue weighted by molar-refractivity contribution is 7.90. The van der Waals surface area contributed by atoms with Gasteiger partial charge in [0.05, 0.1) is 13.1 Å². The third kappa shape index (κ3) is 64.6. The molecule has 4 rings (SSSR count). The number of halogens is 2. The maximum atomic E-state index is 12.1. The van der Waals surface area contributed by atoms with Crippen LogP contribution in [0.15, 0.2) is 0 Å². The van der Waals surface area contributed by atoms with Gasteiger partial charge in [-0.1, -0.05) is 132 Å². The molecule has 4 aliphatic rings. The number of sulfone groups is 1. The predicted molar refractivity (Wildman–Crippen MR) is 295 cm³/mol. The number of alkyl halides is 2. The molecule has 14 heteroatoms. The number of unbranched alkanes of at least 4 members (excludes halogenated alkanes) is 1. The fourth-order valence-corrected chi connectivity index (χ4v) is 6.64. The molecule has 0 saturated carbocycles. The molecule has 0 aromatic rings. The number of hydrogen-bond donors (Lipinski definition) is 1. The Kier molecular flexibility index (Phi) is 78.8. The number of nitrogens with zero attached hydrogens (tertiary/aromatic N) is 6. The van der Waals surface area contributed by atoms with Gasteiger partial charge >= 0.3 is 0 Å². The van der Waals surface area contributed by atoms with E-state index in [-0.39, 0.29) is 41.3 Å². The Hall–Kier alpha value is -1.45. The molecule has 0 radical (unpaired) electrons. The van der Waals surface area contributed by atoms with Crippen molar-refractivity contribution < 1.29 is 26.8 Å². The molecule has 0 atom stereocenters. The van der Waals surface area contributed by atoms with Crippen molar-refractivity contribution in [1.29, 1.82) is 0 Å². The predicted octanol–water partition coefficient (Wildman–Crippen LogP) is 11.8. The van der Waals surface area contributed by atoms with Crippen molar-refractivity contribution in [1.82, 2.24) is 34.7 Å². The van der Waals surface area contributed by atoms with Crippen molar-refractivity contribution in [3.63, 3.8) is 0 Å². The number of nitrogens with one attached hydrogen (secondary N) is 1. The van der Waals surface area contributed by atoms with Gasteiger partial charge in [-0.3, -0.25) is 14.5 Å². The van der Waals surface area contributed by atoms with E-state index in [9.17, 15) is 26.8 Å². The van der Waals surface area contributed by atoms with E-state index in [0.717, 1.165) is 45.6 Å². The van der Waals surface area contributed by atoms with E-state index in [1.165, 1.54) is 110 Å². The fourth-order valence-electron chi connectivity index (χ4n) is 5.90. The topological polar surface area (TPSA) is 99.8 Å². The van der Waals surface area contributed by atoms with Crippen LogP contribution in [-0.2, 0) is 19.4 Å². The van der Waals surface area contributed by atoms with Crippen LogP contribution in [0.5, 0.6) is 0 Å². The van der Waals surface area contributed by atoms with Gasteiger partial charge < -0.3 is 29.8 Å². The molecule has 0 aromatic heterocycles. The molecule has 1 N–H and O–H groups in total. The first-order valence-corrected chi connectivity index (χ1v) is 27.5. The first-order chi connectivity index (χ1) is 29.9. The smallest absolute Gasteiger partial charge is 0.272 e. The van der Waals surface area contributed by atoms with Gasteiger partial charge in [-0.05, 0) is 105 Å². The number of likely N-dealkylation sites (tertiary alicyclic amines) is 3. The van der Waals surface area contributed by atoms with E-state index >= 15 is 0 Å². The summed E-state index contributed by atoms with van der Waals surface area (Å²) in [6.07, 6.45) is 14.7. The van der Waals surface area contributed by atoms with Crippen molar-refractivity contribution in [2.45, 2.75) is 202 Å². The number of carbonyl (C=O) groups is 2. The quantitative estimate of drug-likeness (QED) is 0.182. The van der Waals surface area contributed by atoms with Gasteiger partial charge in [0.1, 0.15) is 9.84 Å². The van der Waals surface area contributed by atoms with Crippen LogP contribution in [0.2, 0.25) is 0 Å². The lowest BCUT2D eigenvalue weighted by Crippen LogP contribution is -2.56. The highest BCUT2D eigenvalue weighted by Crippen LogP contribution is 2.26. The second kappa shape index (κ2) is 61.6. The van der Waals surface area contributed by atoms with Crippen LogP contribution in [0, 0.1) is 0 Å². The molecule has 0 aliphatic carbocycles. The van der Waals surface area contributed by atoms with Crippen LogP contribution < -0.4 is 5.32 Å². The Balaban J connectivity index is -0.0000000806. The summed E-state index contributed by atoms with van der Waals surface area (Å²) in [6.45, 7) is 43.2. The monoisotopic (exact) mass is 980 g/mol. The van der Waals surface area contributed by atoms with E-state index in [1.807, 2.05) is 93.1 Å². The van der Waals surface area contributed by atoms with E-state index < -0.39 is 15.8 Å². The lowest BCUT2D eigenvalue weighted by atomic mass is 10.1. The second-order valence-corrected chi connectivity index (χ2v) is 18.1. The first-order valence-electron chi connectivity index (χ1n) is 25.5. The Morgan fingerprint density at radius 2 is 0.955 bits per heavy atom. The molecular formula is C52H123F2N7O4S. The normalized spacial score (nSPS) is 15.7. The molecule has 0 unspecified atom stereocenters. The standard InChI is InChI=1S/C8H18N2.C7H16N2O.C7H13NO.C7H15N.C6H11F2N.C4H10O2S.C4H10.3C2H6.3CH4/c1-3-4-10-7-5-9(2)6-8-10;1-4-7(10)8-5-6-9(2)3;1-2-7(9)8-5-3-4-6-8;1-2-5-8-6-3-4-7-8;1-2-3-9-4-6(7,8)5-9;1-3-4-7(2,5)6;1-3-4-2;3*1-2;;;/h3-8H2,1-2H3;4-6H2,1-3H3,(H,8,10);2-6H2,1H3;2-7H2,1H3;2-5H2,1H3;3-4H2,1-2H3;3-4H2,1-2H3;3*1-2H3;3*1H4. The van der Waals surface area contributed by atoms with E-state index in [0.29, 0.717) is 24.5 Å². The minimum absolute atomic E-state index is 0. The molecule has 4 saturated heterocycles. The molecule has 0 aromatic carbocycles. The van der Waals surface area contributed by atoms with Crippen LogP contribution in [0.25, 0.3) is 0 Å². The average Bonchev–Trinajstić information content (AvgIpc) is 4.00. The Labute approximate surface area is 415 Å². The molecule has 11 nitrogen and oxygen atoms in total. The van der Waals surface area contributed by atoms with Crippen molar-refractivity contribution in [2.75, 3.05) is 131 Å². The molecular weight excluding hydrogens is 857 g/mol. The summed E-state index contributed by atoms with van der Waals surface area (Å²) in [5.74, 6) is -1.63. The summed E-state index contributed by atoms with van der Waals surface area (Å²) in [7, 11) is 3.49. The van der Waals surface area contributed by atoms with Gasteiger partial charge in [-0.2, -0.15) is 0 Å². The molecule has 4 fully saturated rings. The largest absolute Gasteiger partial charge is 0.355 e. The van der Waals surface area contributed by atoms with Crippen LogP contribution >= 0.6 is 0 Å². The molecule has 4 aliphatic heterocycles. The zero-order valence-corrected chi connectivity index (χ0v) is 46.1. The third-order valence-electron chi connectivity index (χ3n) is 9.36. The molecule has 0 spiro atoms. The van der Waals surface area contributed by atoms with Crippen LogP contribution in [0.1, 0.15) is 196 Å². The van der Waals surface area contributed by atoms with Crippen LogP contribution in [0.3, 0.4) is 0 Å². The van der Waals surface area contributed by atoms with E-state index in [2.05, 4.69) is 54.8 Å². The molecule has 2 amide bonds. The van der Waals surface area contributed by atoms with Gasteiger partial charge in [0.15, 0.2) is 0 Å². The Bertz CT molecular complexity index is 1010. The van der Waals surface area contributed by atoms with Crippen molar-refractivity contribution in [2.24, 2.45) is 0 Å². The molecule has 66 heavy (non-hydrogen) atoms. The number of rotatable bonds is 14. The highest BCUT2D eigenvalue weighted by Gasteiger charge is 2.42. The Morgan fingerprint density at radius 1 is 0.576 bits per heavy atom. The van der Waals surface area contributed by atoms with Gasteiger partial charge in [-0.25, -0.2) is 17.2 Å². The molecule has 410 valence electrons. The number of likely N-dealkylation sites (N-methyl/N-ethyl adjacent to an activating group) is 2. The maximum absolute atomic E-state index is 12.1. The van der Waals surface area contributed by atoms with Crippen LogP contribution in [-0.4, -0.2) is 187 Å². The summed E-state index contributed by atoms with van der Waals surface area (Å²) in [5.41, 5.74) is 0. The minimum atomic E-state index is -2.67. The summed E-state index contributed by atoms with van der Waals surface area (Å²) in [6, 6.07) is 0. The third-order valence-corrected chi connectivity index (χ3v) is 10.5. The highest BCUT2D eigenvalue weighted by atomic mass is 32.2. The number of hydrogen-bond acceptors (Lipinski definition) is 9. The molecule has 0 bridgehead atoms. The SMILES string of the molecule is C.C.C.CC.CC.CC.CCC(=O)N1CCCC1.CCC(=O)NCCN(C)C.CCCC.CCCN1CC(F)(F)C1.CCCN1CCCC1.CCCN1CCN(C)CC1.CCCS(C)(=O)=O. The van der Waals surface area contributed by atoms with Gasteiger partial charge in [0, 0.05) is 77.2 Å². The second-order valence-electron chi connectivity index (χ2n) is 15.8. The van der Waals surface area contributed by atoms with Crippen molar-refractivity contribution >= 4 is 21.7 Å². The van der Waals surface area contributed by atoms with Crippen molar-refractivity contribution in [3.05, 3.63) is 0 Å². The minimum Gasteiger partial charge on any atom is -0.355 e. The first kappa shape index (κ1) is 84.5. The number of amides is 2. The summed E-state index contributed by atoms with van der Waals surface area (Å²) in [5, 5.41) is 2.78. The molecule has 4 heterocycles. The van der Waals surface area contributed by atoms with Gasteiger partial charge in [0.2, 0.25) is 11.8 Å². The fraction of sp³-hybridized carbons (Fsp3) is 0.962. The zero-order valence-electron chi connectivity index (χ0n) is 45.3. The lowest BCUT2D eigenvalue weighted by molar-refractivity contribution is -0.130. The number of carbonyl (C=O) groups excluding carboxylic acids is 2. The zero-order chi connectivity index (χ0) is 50.1. The summed E-state index contributed by atoms with van der Waals surface area (Å²) in [4.78, 5) is 34.8. The van der Waals surface area contributed by atoms with Gasteiger partial charge in [-0.15, -0.1) is 0 Å².